The van der Waals surface area contributed by atoms with Crippen LogP contribution in [0.4, 0.5) is 0 Å². The molecule has 1 aliphatic rings. The molecule has 0 spiro atoms. The van der Waals surface area contributed by atoms with Crippen molar-refractivity contribution in [2.75, 3.05) is 0 Å². The first kappa shape index (κ1) is 12.6. The normalized spacial score (nSPS) is 15.9. The molecule has 94 valence electrons. The summed E-state index contributed by atoms with van der Waals surface area (Å²) in [5, 5.41) is 9.68. The maximum Gasteiger partial charge on any atom is 0.0540 e. The fourth-order valence-corrected chi connectivity index (χ4v) is 2.80. The number of aliphatic hydroxyl groups excluding tert-OH is 1. The number of hydrogen-bond acceptors (Lipinski definition) is 1. The summed E-state index contributed by atoms with van der Waals surface area (Å²) in [6.45, 7) is 2.13. The molecule has 17 heavy (non-hydrogen) atoms. The number of aryl methyl sites for hydroxylation is 3. The van der Waals surface area contributed by atoms with Gasteiger partial charge in [0.1, 0.15) is 0 Å². The minimum absolute atomic E-state index is 0.0885. The zero-order valence-corrected chi connectivity index (χ0v) is 10.9. The van der Waals surface area contributed by atoms with Crippen LogP contribution in [0.1, 0.15) is 55.7 Å². The van der Waals surface area contributed by atoms with Crippen LogP contribution in [0.2, 0.25) is 0 Å². The first-order valence-corrected chi connectivity index (χ1v) is 7.08. The van der Waals surface area contributed by atoms with Gasteiger partial charge in [-0.2, -0.15) is 0 Å². The van der Waals surface area contributed by atoms with Gasteiger partial charge in [-0.05, 0) is 61.6 Å². The summed E-state index contributed by atoms with van der Waals surface area (Å²) >= 11 is 0. The van der Waals surface area contributed by atoms with Crippen LogP contribution < -0.4 is 0 Å². The van der Waals surface area contributed by atoms with Crippen molar-refractivity contribution >= 4 is 0 Å². The Balaban J connectivity index is 1.79. The van der Waals surface area contributed by atoms with Gasteiger partial charge in [0.2, 0.25) is 0 Å². The summed E-state index contributed by atoms with van der Waals surface area (Å²) in [6, 6.07) is 6.96. The largest absolute Gasteiger partial charge is 0.393 e. The Hall–Kier alpha value is -0.820. The zero-order chi connectivity index (χ0) is 12.1. The van der Waals surface area contributed by atoms with Crippen LogP contribution in [-0.2, 0) is 19.3 Å². The van der Waals surface area contributed by atoms with Crippen molar-refractivity contribution in [3.8, 4) is 0 Å². The van der Waals surface area contributed by atoms with Gasteiger partial charge in [-0.15, -0.1) is 0 Å². The molecular formula is C16H24O. The van der Waals surface area contributed by atoms with E-state index in [1.165, 1.54) is 24.8 Å². The lowest BCUT2D eigenvalue weighted by atomic mass is 10.0. The van der Waals surface area contributed by atoms with E-state index in [-0.39, 0.29) is 6.10 Å². The van der Waals surface area contributed by atoms with E-state index in [1.54, 1.807) is 11.1 Å². The van der Waals surface area contributed by atoms with Gasteiger partial charge in [-0.25, -0.2) is 0 Å². The second kappa shape index (κ2) is 6.20. The third-order valence-electron chi connectivity index (χ3n) is 3.79. The molecule has 1 heteroatoms. The number of aliphatic hydroxyl groups is 1. The maximum absolute atomic E-state index is 9.68. The highest BCUT2D eigenvalue weighted by molar-refractivity contribution is 5.35. The lowest BCUT2D eigenvalue weighted by Crippen LogP contribution is -2.05. The Morgan fingerprint density at radius 1 is 1.18 bits per heavy atom. The number of fused-ring (bicyclic) bond motifs is 1. The smallest absolute Gasteiger partial charge is 0.0540 e. The van der Waals surface area contributed by atoms with E-state index < -0.39 is 0 Å². The molecule has 1 atom stereocenters. The van der Waals surface area contributed by atoms with Crippen LogP contribution in [0, 0.1) is 0 Å². The molecule has 1 aromatic rings. The summed E-state index contributed by atoms with van der Waals surface area (Å²) in [6.07, 6.45) is 8.98. The standard InChI is InChI=1S/C16H24O/c1-2-5-16(17)9-3-6-13-10-11-14-7-4-8-15(14)12-13/h10-12,16-17H,2-9H2,1H3. The van der Waals surface area contributed by atoms with Crippen LogP contribution in [0.25, 0.3) is 0 Å². The van der Waals surface area contributed by atoms with Crippen molar-refractivity contribution in [2.24, 2.45) is 0 Å². The molecule has 1 unspecified atom stereocenters. The van der Waals surface area contributed by atoms with Crippen molar-refractivity contribution in [3.63, 3.8) is 0 Å². The summed E-state index contributed by atoms with van der Waals surface area (Å²) < 4.78 is 0. The first-order chi connectivity index (χ1) is 8.29. The van der Waals surface area contributed by atoms with E-state index >= 15 is 0 Å². The molecule has 1 N–H and O–H groups in total. The van der Waals surface area contributed by atoms with Gasteiger partial charge in [0, 0.05) is 0 Å². The summed E-state index contributed by atoms with van der Waals surface area (Å²) in [5.41, 5.74) is 4.57. The fourth-order valence-electron chi connectivity index (χ4n) is 2.80. The van der Waals surface area contributed by atoms with E-state index in [4.69, 9.17) is 0 Å². The van der Waals surface area contributed by atoms with Crippen LogP contribution in [0.3, 0.4) is 0 Å². The van der Waals surface area contributed by atoms with Gasteiger partial charge < -0.3 is 5.11 Å². The molecule has 0 heterocycles. The molecule has 1 nitrogen and oxygen atoms in total. The molecule has 0 aliphatic heterocycles. The first-order valence-electron chi connectivity index (χ1n) is 7.08. The molecular weight excluding hydrogens is 208 g/mol. The van der Waals surface area contributed by atoms with Gasteiger partial charge in [-0.1, -0.05) is 31.5 Å². The fraction of sp³-hybridized carbons (Fsp3) is 0.625. The Morgan fingerprint density at radius 2 is 2.00 bits per heavy atom. The quantitative estimate of drug-likeness (QED) is 0.793. The summed E-state index contributed by atoms with van der Waals surface area (Å²) in [5.74, 6) is 0. The topological polar surface area (TPSA) is 20.2 Å². The Kier molecular flexibility index (Phi) is 4.61. The SMILES string of the molecule is CCCC(O)CCCc1ccc2c(c1)CCC2. The molecule has 0 saturated heterocycles. The molecule has 0 radical (unpaired) electrons. The second-order valence-electron chi connectivity index (χ2n) is 5.29. The Labute approximate surface area is 105 Å². The zero-order valence-electron chi connectivity index (χ0n) is 10.9. The van der Waals surface area contributed by atoms with E-state index in [9.17, 15) is 5.11 Å². The maximum atomic E-state index is 9.68. The third kappa shape index (κ3) is 3.57. The van der Waals surface area contributed by atoms with E-state index in [2.05, 4.69) is 25.1 Å². The highest BCUT2D eigenvalue weighted by Crippen LogP contribution is 2.23. The van der Waals surface area contributed by atoms with Crippen molar-refractivity contribution in [1.82, 2.24) is 0 Å². The van der Waals surface area contributed by atoms with Gasteiger partial charge >= 0.3 is 0 Å². The Morgan fingerprint density at radius 3 is 2.82 bits per heavy atom. The van der Waals surface area contributed by atoms with Crippen molar-refractivity contribution in [3.05, 3.63) is 34.9 Å². The average Bonchev–Trinajstić information content (AvgIpc) is 2.76. The monoisotopic (exact) mass is 232 g/mol. The average molecular weight is 232 g/mol. The Bertz CT molecular complexity index is 357. The lowest BCUT2D eigenvalue weighted by Gasteiger charge is -2.09. The van der Waals surface area contributed by atoms with Crippen LogP contribution in [0.5, 0.6) is 0 Å². The van der Waals surface area contributed by atoms with E-state index in [0.717, 1.165) is 32.1 Å². The van der Waals surface area contributed by atoms with Crippen LogP contribution >= 0.6 is 0 Å². The molecule has 0 amide bonds. The lowest BCUT2D eigenvalue weighted by molar-refractivity contribution is 0.151. The van der Waals surface area contributed by atoms with Crippen molar-refractivity contribution in [2.45, 2.75) is 64.4 Å². The van der Waals surface area contributed by atoms with Crippen LogP contribution in [0.15, 0.2) is 18.2 Å². The van der Waals surface area contributed by atoms with E-state index in [1.807, 2.05) is 0 Å². The molecule has 0 fully saturated rings. The van der Waals surface area contributed by atoms with Crippen molar-refractivity contribution < 1.29 is 5.11 Å². The molecule has 0 saturated carbocycles. The van der Waals surface area contributed by atoms with Gasteiger partial charge in [0.05, 0.1) is 6.10 Å². The molecule has 1 aliphatic carbocycles. The molecule has 1 aromatic carbocycles. The predicted octanol–water partition coefficient (Wildman–Crippen LogP) is 3.66. The number of hydrogen-bond donors (Lipinski definition) is 1. The highest BCUT2D eigenvalue weighted by atomic mass is 16.3. The predicted molar refractivity (Wildman–Crippen MR) is 72.3 cm³/mol. The molecule has 0 bridgehead atoms. The minimum atomic E-state index is -0.0885. The highest BCUT2D eigenvalue weighted by Gasteiger charge is 2.10. The number of benzene rings is 1. The van der Waals surface area contributed by atoms with Crippen molar-refractivity contribution in [1.29, 1.82) is 0 Å². The summed E-state index contributed by atoms with van der Waals surface area (Å²) in [7, 11) is 0. The van der Waals surface area contributed by atoms with E-state index in [0.29, 0.717) is 0 Å². The number of rotatable bonds is 6. The minimum Gasteiger partial charge on any atom is -0.393 e. The van der Waals surface area contributed by atoms with Crippen LogP contribution in [-0.4, -0.2) is 11.2 Å². The third-order valence-corrected chi connectivity index (χ3v) is 3.79. The van der Waals surface area contributed by atoms with Gasteiger partial charge in [0.15, 0.2) is 0 Å². The van der Waals surface area contributed by atoms with Gasteiger partial charge in [0.25, 0.3) is 0 Å². The summed E-state index contributed by atoms with van der Waals surface area (Å²) in [4.78, 5) is 0. The second-order valence-corrected chi connectivity index (χ2v) is 5.29. The molecule has 0 aromatic heterocycles. The molecule has 2 rings (SSSR count). The van der Waals surface area contributed by atoms with Gasteiger partial charge in [-0.3, -0.25) is 0 Å².